The van der Waals surface area contributed by atoms with E-state index in [2.05, 4.69) is 37.8 Å². The van der Waals surface area contributed by atoms with E-state index >= 15 is 0 Å². The first-order valence-corrected chi connectivity index (χ1v) is 11.5. The zero-order valence-electron chi connectivity index (χ0n) is 19.3. The lowest BCUT2D eigenvalue weighted by Crippen LogP contribution is -2.49. The highest BCUT2D eigenvalue weighted by atomic mass is 16.5. The van der Waals surface area contributed by atoms with E-state index in [1.807, 2.05) is 52.0 Å². The summed E-state index contributed by atoms with van der Waals surface area (Å²) in [7, 11) is 0. The van der Waals surface area contributed by atoms with Gasteiger partial charge >= 0.3 is 0 Å². The minimum absolute atomic E-state index is 0.0817. The summed E-state index contributed by atoms with van der Waals surface area (Å²) in [6.45, 7) is 10.0. The molecule has 1 aliphatic heterocycles. The van der Waals surface area contributed by atoms with Crippen molar-refractivity contribution in [1.82, 2.24) is 14.7 Å². The van der Waals surface area contributed by atoms with Gasteiger partial charge in [-0.25, -0.2) is 4.68 Å². The van der Waals surface area contributed by atoms with Crippen LogP contribution in [0.5, 0.6) is 5.75 Å². The van der Waals surface area contributed by atoms with Gasteiger partial charge in [-0.2, -0.15) is 5.10 Å². The Labute approximate surface area is 190 Å². The van der Waals surface area contributed by atoms with Crippen LogP contribution in [0.4, 0.5) is 5.69 Å². The van der Waals surface area contributed by atoms with Crippen LogP contribution in [0.15, 0.2) is 54.6 Å². The first-order chi connectivity index (χ1) is 15.6. The molecule has 4 rings (SSSR count). The van der Waals surface area contributed by atoms with Crippen molar-refractivity contribution in [2.24, 2.45) is 0 Å². The summed E-state index contributed by atoms with van der Waals surface area (Å²) in [6.07, 6.45) is 2.14. The normalized spacial score (nSPS) is 14.0. The van der Waals surface area contributed by atoms with Crippen molar-refractivity contribution >= 4 is 11.6 Å². The fourth-order valence-corrected chi connectivity index (χ4v) is 4.26. The Hall–Kier alpha value is -3.28. The Kier molecular flexibility index (Phi) is 6.78. The molecule has 0 radical (unpaired) electrons. The van der Waals surface area contributed by atoms with Crippen LogP contribution < -0.4 is 9.64 Å². The predicted molar refractivity (Wildman–Crippen MR) is 128 cm³/mol. The lowest BCUT2D eigenvalue weighted by atomic mass is 10.1. The second-order valence-electron chi connectivity index (χ2n) is 8.27. The summed E-state index contributed by atoms with van der Waals surface area (Å²) in [4.78, 5) is 17.3. The second-order valence-corrected chi connectivity index (χ2v) is 8.27. The van der Waals surface area contributed by atoms with Crippen molar-refractivity contribution in [3.8, 4) is 11.4 Å². The van der Waals surface area contributed by atoms with Gasteiger partial charge in [0.05, 0.1) is 29.4 Å². The molecule has 6 nitrogen and oxygen atoms in total. The van der Waals surface area contributed by atoms with Gasteiger partial charge in [0.2, 0.25) is 0 Å². The number of para-hydroxylation sites is 1. The fraction of sp³-hybridized carbons (Fsp3) is 0.385. The Morgan fingerprint density at radius 2 is 1.66 bits per heavy atom. The van der Waals surface area contributed by atoms with Crippen molar-refractivity contribution in [3.63, 3.8) is 0 Å². The molecule has 6 heteroatoms. The average Bonchev–Trinajstić information content (AvgIpc) is 3.13. The van der Waals surface area contributed by atoms with Crippen molar-refractivity contribution in [2.75, 3.05) is 37.7 Å². The van der Waals surface area contributed by atoms with Crippen molar-refractivity contribution in [3.05, 3.63) is 71.5 Å². The Balaban J connectivity index is 1.39. The standard InChI is InChI=1S/C26H32N4O2/c1-4-5-19-32-24-13-11-22(12-14-24)26(31)29-17-15-28(16-18-29)25-20(2)27-30(21(25)3)23-9-7-6-8-10-23/h6-14H,4-5,15-19H2,1-3H3. The summed E-state index contributed by atoms with van der Waals surface area (Å²) < 4.78 is 7.71. The van der Waals surface area contributed by atoms with E-state index in [-0.39, 0.29) is 5.91 Å². The summed E-state index contributed by atoms with van der Waals surface area (Å²) in [5, 5.41) is 4.77. The van der Waals surface area contributed by atoms with Crippen LogP contribution in [0.2, 0.25) is 0 Å². The number of nitrogens with zero attached hydrogens (tertiary/aromatic N) is 4. The number of aromatic nitrogens is 2. The topological polar surface area (TPSA) is 50.6 Å². The monoisotopic (exact) mass is 432 g/mol. The minimum atomic E-state index is 0.0817. The van der Waals surface area contributed by atoms with Gasteiger partial charge in [-0.1, -0.05) is 31.5 Å². The van der Waals surface area contributed by atoms with Gasteiger partial charge in [0.15, 0.2) is 0 Å². The molecule has 32 heavy (non-hydrogen) atoms. The molecule has 1 fully saturated rings. The van der Waals surface area contributed by atoms with Crippen molar-refractivity contribution < 1.29 is 9.53 Å². The lowest BCUT2D eigenvalue weighted by Gasteiger charge is -2.36. The molecule has 2 aromatic carbocycles. The highest BCUT2D eigenvalue weighted by Crippen LogP contribution is 2.28. The molecule has 168 valence electrons. The fourth-order valence-electron chi connectivity index (χ4n) is 4.26. The average molecular weight is 433 g/mol. The first kappa shape index (κ1) is 21.9. The van der Waals surface area contributed by atoms with Crippen LogP contribution in [0, 0.1) is 13.8 Å². The SMILES string of the molecule is CCCCOc1ccc(C(=O)N2CCN(c3c(C)nn(-c4ccccc4)c3C)CC2)cc1. The molecule has 0 atom stereocenters. The summed E-state index contributed by atoms with van der Waals surface area (Å²) in [5.41, 5.74) is 5.10. The number of carbonyl (C=O) groups is 1. The molecule has 0 spiro atoms. The number of unbranched alkanes of at least 4 members (excludes halogenated alkanes) is 1. The number of anilines is 1. The molecule has 0 saturated carbocycles. The number of amides is 1. The van der Waals surface area contributed by atoms with Crippen LogP contribution in [-0.2, 0) is 0 Å². The first-order valence-electron chi connectivity index (χ1n) is 11.5. The van der Waals surface area contributed by atoms with Crippen LogP contribution in [-0.4, -0.2) is 53.4 Å². The molecule has 0 bridgehead atoms. The smallest absolute Gasteiger partial charge is 0.253 e. The van der Waals surface area contributed by atoms with E-state index in [4.69, 9.17) is 9.84 Å². The highest BCUT2D eigenvalue weighted by molar-refractivity contribution is 5.94. The zero-order chi connectivity index (χ0) is 22.5. The molecule has 1 amide bonds. The molecule has 0 aliphatic carbocycles. The molecule has 2 heterocycles. The Morgan fingerprint density at radius 1 is 0.969 bits per heavy atom. The van der Waals surface area contributed by atoms with E-state index in [0.29, 0.717) is 25.3 Å². The Bertz CT molecular complexity index is 1040. The largest absolute Gasteiger partial charge is 0.494 e. The van der Waals surface area contributed by atoms with Gasteiger partial charge in [0, 0.05) is 31.7 Å². The maximum absolute atomic E-state index is 13.0. The molecule has 1 saturated heterocycles. The predicted octanol–water partition coefficient (Wildman–Crippen LogP) is 4.63. The van der Waals surface area contributed by atoms with Crippen LogP contribution in [0.25, 0.3) is 5.69 Å². The van der Waals surface area contributed by atoms with Gasteiger partial charge < -0.3 is 14.5 Å². The molecular weight excluding hydrogens is 400 g/mol. The number of hydrogen-bond acceptors (Lipinski definition) is 4. The zero-order valence-corrected chi connectivity index (χ0v) is 19.3. The molecule has 1 aliphatic rings. The highest BCUT2D eigenvalue weighted by Gasteiger charge is 2.26. The summed E-state index contributed by atoms with van der Waals surface area (Å²) in [6, 6.07) is 17.7. The second kappa shape index (κ2) is 9.90. The number of aryl methyl sites for hydroxylation is 1. The third-order valence-electron chi connectivity index (χ3n) is 6.00. The number of hydrogen-bond donors (Lipinski definition) is 0. The summed E-state index contributed by atoms with van der Waals surface area (Å²) >= 11 is 0. The van der Waals surface area contributed by atoms with E-state index in [0.717, 1.165) is 48.8 Å². The van der Waals surface area contributed by atoms with Gasteiger partial charge in [-0.05, 0) is 56.7 Å². The summed E-state index contributed by atoms with van der Waals surface area (Å²) in [5.74, 6) is 0.902. The van der Waals surface area contributed by atoms with E-state index < -0.39 is 0 Å². The molecular formula is C26H32N4O2. The van der Waals surface area contributed by atoms with Crippen LogP contribution in [0.1, 0.15) is 41.5 Å². The number of rotatable bonds is 7. The van der Waals surface area contributed by atoms with Gasteiger partial charge in [0.1, 0.15) is 5.75 Å². The van der Waals surface area contributed by atoms with Gasteiger partial charge in [-0.3, -0.25) is 4.79 Å². The lowest BCUT2D eigenvalue weighted by molar-refractivity contribution is 0.0746. The number of benzene rings is 2. The number of carbonyl (C=O) groups excluding carboxylic acids is 1. The van der Waals surface area contributed by atoms with Gasteiger partial charge in [-0.15, -0.1) is 0 Å². The van der Waals surface area contributed by atoms with Crippen LogP contribution in [0.3, 0.4) is 0 Å². The minimum Gasteiger partial charge on any atom is -0.494 e. The molecule has 1 aromatic heterocycles. The van der Waals surface area contributed by atoms with E-state index in [1.54, 1.807) is 0 Å². The molecule has 0 N–H and O–H groups in total. The third-order valence-corrected chi connectivity index (χ3v) is 6.00. The van der Waals surface area contributed by atoms with Crippen LogP contribution >= 0.6 is 0 Å². The van der Waals surface area contributed by atoms with E-state index in [1.165, 1.54) is 5.69 Å². The van der Waals surface area contributed by atoms with E-state index in [9.17, 15) is 4.79 Å². The third kappa shape index (κ3) is 4.64. The quantitative estimate of drug-likeness (QED) is 0.511. The maximum Gasteiger partial charge on any atom is 0.253 e. The maximum atomic E-state index is 13.0. The molecule has 0 unspecified atom stereocenters. The van der Waals surface area contributed by atoms with Crippen molar-refractivity contribution in [1.29, 1.82) is 0 Å². The number of piperazine rings is 1. The van der Waals surface area contributed by atoms with Gasteiger partial charge in [0.25, 0.3) is 5.91 Å². The number of ether oxygens (including phenoxy) is 1. The Morgan fingerprint density at radius 3 is 2.31 bits per heavy atom. The molecule has 3 aromatic rings. The van der Waals surface area contributed by atoms with Crippen molar-refractivity contribution in [2.45, 2.75) is 33.6 Å².